The van der Waals surface area contributed by atoms with E-state index < -0.39 is 5.97 Å². The molecular formula is C12H16N2O2. The lowest BCUT2D eigenvalue weighted by atomic mass is 10.1. The molecule has 1 saturated carbocycles. The zero-order valence-electron chi connectivity index (χ0n) is 9.31. The Bertz CT molecular complexity index is 375. The summed E-state index contributed by atoms with van der Waals surface area (Å²) in [6.45, 7) is 1.99. The quantitative estimate of drug-likeness (QED) is 0.818. The minimum atomic E-state index is -0.679. The highest BCUT2D eigenvalue weighted by Crippen LogP contribution is 2.27. The number of carboxylic acids is 1. The molecule has 0 radical (unpaired) electrons. The van der Waals surface area contributed by atoms with Crippen molar-refractivity contribution in [2.75, 3.05) is 5.32 Å². The lowest BCUT2D eigenvalue weighted by Crippen LogP contribution is -2.18. The molecule has 4 heteroatoms. The van der Waals surface area contributed by atoms with Crippen LogP contribution in [0.5, 0.6) is 0 Å². The Balaban J connectivity index is 1.92. The first-order chi connectivity index (χ1) is 7.65. The zero-order valence-corrected chi connectivity index (χ0v) is 9.31. The number of carboxylic acid groups (broad SMARTS) is 1. The SMILES string of the molecule is Cc1ccc(N[C@H]2CC[C@@H](C(=O)O)C2)nc1. The second kappa shape index (κ2) is 4.51. The van der Waals surface area contributed by atoms with Crippen molar-refractivity contribution in [3.8, 4) is 0 Å². The first kappa shape index (κ1) is 10.9. The van der Waals surface area contributed by atoms with E-state index in [2.05, 4.69) is 10.3 Å². The first-order valence-corrected chi connectivity index (χ1v) is 5.57. The Morgan fingerprint density at radius 1 is 1.50 bits per heavy atom. The predicted octanol–water partition coefficient (Wildman–Crippen LogP) is 2.06. The fourth-order valence-corrected chi connectivity index (χ4v) is 2.10. The minimum absolute atomic E-state index is 0.192. The molecule has 1 aromatic rings. The number of aromatic nitrogens is 1. The molecule has 1 aliphatic rings. The van der Waals surface area contributed by atoms with Gasteiger partial charge in [0.25, 0.3) is 0 Å². The van der Waals surface area contributed by atoms with E-state index in [0.717, 1.165) is 24.2 Å². The number of pyridine rings is 1. The minimum Gasteiger partial charge on any atom is -0.481 e. The van der Waals surface area contributed by atoms with E-state index in [1.807, 2.05) is 25.3 Å². The molecule has 0 bridgehead atoms. The lowest BCUT2D eigenvalue weighted by molar-refractivity contribution is -0.141. The van der Waals surface area contributed by atoms with Gasteiger partial charge in [-0.15, -0.1) is 0 Å². The molecule has 4 nitrogen and oxygen atoms in total. The maximum atomic E-state index is 10.8. The highest BCUT2D eigenvalue weighted by atomic mass is 16.4. The van der Waals surface area contributed by atoms with Crippen LogP contribution >= 0.6 is 0 Å². The highest BCUT2D eigenvalue weighted by molar-refractivity contribution is 5.70. The van der Waals surface area contributed by atoms with Gasteiger partial charge in [-0.3, -0.25) is 4.79 Å². The molecule has 1 aromatic heterocycles. The van der Waals surface area contributed by atoms with Crippen molar-refractivity contribution in [2.24, 2.45) is 5.92 Å². The third-order valence-corrected chi connectivity index (χ3v) is 3.05. The fourth-order valence-electron chi connectivity index (χ4n) is 2.10. The van der Waals surface area contributed by atoms with Crippen LogP contribution in [0.3, 0.4) is 0 Å². The molecule has 16 heavy (non-hydrogen) atoms. The zero-order chi connectivity index (χ0) is 11.5. The third kappa shape index (κ3) is 2.51. The number of nitrogens with zero attached hydrogens (tertiary/aromatic N) is 1. The Kier molecular flexibility index (Phi) is 3.08. The van der Waals surface area contributed by atoms with Gasteiger partial charge in [-0.1, -0.05) is 6.07 Å². The average molecular weight is 220 g/mol. The summed E-state index contributed by atoms with van der Waals surface area (Å²) in [4.78, 5) is 15.1. The number of hydrogen-bond acceptors (Lipinski definition) is 3. The molecule has 0 spiro atoms. The highest BCUT2D eigenvalue weighted by Gasteiger charge is 2.29. The van der Waals surface area contributed by atoms with Gasteiger partial charge in [-0.2, -0.15) is 0 Å². The van der Waals surface area contributed by atoms with Crippen molar-refractivity contribution in [1.29, 1.82) is 0 Å². The smallest absolute Gasteiger partial charge is 0.306 e. The number of nitrogens with one attached hydrogen (secondary N) is 1. The van der Waals surface area contributed by atoms with Crippen molar-refractivity contribution >= 4 is 11.8 Å². The van der Waals surface area contributed by atoms with Gasteiger partial charge in [0.05, 0.1) is 5.92 Å². The van der Waals surface area contributed by atoms with Gasteiger partial charge in [0.2, 0.25) is 0 Å². The molecule has 2 rings (SSSR count). The molecule has 1 heterocycles. The van der Waals surface area contributed by atoms with Crippen molar-refractivity contribution in [2.45, 2.75) is 32.2 Å². The summed E-state index contributed by atoms with van der Waals surface area (Å²) in [5, 5.41) is 12.2. The van der Waals surface area contributed by atoms with Crippen LogP contribution in [0.2, 0.25) is 0 Å². The summed E-state index contributed by atoms with van der Waals surface area (Å²) in [5.74, 6) is -0.0363. The summed E-state index contributed by atoms with van der Waals surface area (Å²) in [7, 11) is 0. The summed E-state index contributed by atoms with van der Waals surface area (Å²) in [6, 6.07) is 4.18. The Morgan fingerprint density at radius 2 is 2.31 bits per heavy atom. The summed E-state index contributed by atoms with van der Waals surface area (Å²) < 4.78 is 0. The van der Waals surface area contributed by atoms with E-state index in [-0.39, 0.29) is 12.0 Å². The van der Waals surface area contributed by atoms with Crippen molar-refractivity contribution in [1.82, 2.24) is 4.98 Å². The van der Waals surface area contributed by atoms with Gasteiger partial charge in [0.1, 0.15) is 5.82 Å². The Labute approximate surface area is 94.7 Å². The van der Waals surface area contributed by atoms with Crippen LogP contribution < -0.4 is 5.32 Å². The predicted molar refractivity (Wildman–Crippen MR) is 61.4 cm³/mol. The molecule has 2 N–H and O–H groups in total. The number of rotatable bonds is 3. The van der Waals surface area contributed by atoms with Gasteiger partial charge >= 0.3 is 5.97 Å². The number of aliphatic carboxylic acids is 1. The number of aryl methyl sites for hydroxylation is 1. The average Bonchev–Trinajstić information content (AvgIpc) is 2.70. The van der Waals surface area contributed by atoms with E-state index in [1.165, 1.54) is 0 Å². The van der Waals surface area contributed by atoms with E-state index in [9.17, 15) is 4.79 Å². The molecule has 0 amide bonds. The second-order valence-corrected chi connectivity index (χ2v) is 4.41. The topological polar surface area (TPSA) is 62.2 Å². The van der Waals surface area contributed by atoms with E-state index in [0.29, 0.717) is 6.42 Å². The molecule has 1 fully saturated rings. The molecule has 1 aliphatic carbocycles. The lowest BCUT2D eigenvalue weighted by Gasteiger charge is -2.12. The normalized spacial score (nSPS) is 24.3. The van der Waals surface area contributed by atoms with Crippen LogP contribution in [0.1, 0.15) is 24.8 Å². The summed E-state index contributed by atoms with van der Waals surface area (Å²) in [5.41, 5.74) is 1.13. The van der Waals surface area contributed by atoms with E-state index >= 15 is 0 Å². The number of carbonyl (C=O) groups is 1. The van der Waals surface area contributed by atoms with Crippen molar-refractivity contribution < 1.29 is 9.90 Å². The number of anilines is 1. The van der Waals surface area contributed by atoms with Crippen LogP contribution in [-0.4, -0.2) is 22.1 Å². The third-order valence-electron chi connectivity index (χ3n) is 3.05. The van der Waals surface area contributed by atoms with Crippen molar-refractivity contribution in [3.63, 3.8) is 0 Å². The summed E-state index contributed by atoms with van der Waals surface area (Å²) >= 11 is 0. The standard InChI is InChI=1S/C12H16N2O2/c1-8-2-5-11(13-7-8)14-10-4-3-9(6-10)12(15)16/h2,5,7,9-10H,3-4,6H2,1H3,(H,13,14)(H,15,16)/t9-,10+/m1/s1. The maximum absolute atomic E-state index is 10.8. The van der Waals surface area contributed by atoms with Gasteiger partial charge < -0.3 is 10.4 Å². The van der Waals surface area contributed by atoms with Crippen LogP contribution in [0.25, 0.3) is 0 Å². The Morgan fingerprint density at radius 3 is 2.88 bits per heavy atom. The first-order valence-electron chi connectivity index (χ1n) is 5.57. The van der Waals surface area contributed by atoms with Gasteiger partial charge in [-0.05, 0) is 37.8 Å². The summed E-state index contributed by atoms with van der Waals surface area (Å²) in [6.07, 6.45) is 4.18. The number of hydrogen-bond donors (Lipinski definition) is 2. The molecule has 0 saturated heterocycles. The van der Waals surface area contributed by atoms with Crippen molar-refractivity contribution in [3.05, 3.63) is 23.9 Å². The van der Waals surface area contributed by atoms with E-state index in [1.54, 1.807) is 0 Å². The van der Waals surface area contributed by atoms with Crippen LogP contribution in [0.4, 0.5) is 5.82 Å². The van der Waals surface area contributed by atoms with Gasteiger partial charge in [0, 0.05) is 12.2 Å². The van der Waals surface area contributed by atoms with Gasteiger partial charge in [-0.25, -0.2) is 4.98 Å². The van der Waals surface area contributed by atoms with Crippen LogP contribution in [0.15, 0.2) is 18.3 Å². The van der Waals surface area contributed by atoms with Crippen LogP contribution in [-0.2, 0) is 4.79 Å². The molecule has 0 aromatic carbocycles. The van der Waals surface area contributed by atoms with Gasteiger partial charge in [0.15, 0.2) is 0 Å². The Hall–Kier alpha value is -1.58. The monoisotopic (exact) mass is 220 g/mol. The fraction of sp³-hybridized carbons (Fsp3) is 0.500. The largest absolute Gasteiger partial charge is 0.481 e. The van der Waals surface area contributed by atoms with Crippen LogP contribution in [0, 0.1) is 12.8 Å². The second-order valence-electron chi connectivity index (χ2n) is 4.41. The molecule has 0 unspecified atom stereocenters. The molecule has 0 aliphatic heterocycles. The van der Waals surface area contributed by atoms with E-state index in [4.69, 9.17) is 5.11 Å². The molecule has 2 atom stereocenters. The molecule has 86 valence electrons. The maximum Gasteiger partial charge on any atom is 0.306 e. The molecular weight excluding hydrogens is 204 g/mol.